The molecule has 1 aromatic carbocycles. The first-order valence-electron chi connectivity index (χ1n) is 5.19. The predicted molar refractivity (Wildman–Crippen MR) is 64.1 cm³/mol. The van der Waals surface area contributed by atoms with Gasteiger partial charge < -0.3 is 21.0 Å². The number of nitrogens with zero attached hydrogens (tertiary/aromatic N) is 1. The van der Waals surface area contributed by atoms with Crippen molar-refractivity contribution in [2.45, 2.75) is 13.3 Å². The third-order valence-corrected chi connectivity index (χ3v) is 1.93. The molecule has 16 heavy (non-hydrogen) atoms. The quantitative estimate of drug-likeness (QED) is 0.296. The topological polar surface area (TPSA) is 79.9 Å². The Morgan fingerprint density at radius 1 is 1.44 bits per heavy atom. The highest BCUT2D eigenvalue weighted by atomic mass is 16.5. The largest absolute Gasteiger partial charge is 0.494 e. The minimum atomic E-state index is 0.145. The van der Waals surface area contributed by atoms with Crippen LogP contribution in [0.5, 0.6) is 5.75 Å². The summed E-state index contributed by atoms with van der Waals surface area (Å²) >= 11 is 0. The summed E-state index contributed by atoms with van der Waals surface area (Å²) < 4.78 is 5.44. The van der Waals surface area contributed by atoms with Gasteiger partial charge in [-0.25, -0.2) is 0 Å². The number of anilines is 1. The van der Waals surface area contributed by atoms with Gasteiger partial charge in [0.2, 0.25) is 0 Å². The number of hydrogen-bond acceptors (Lipinski definition) is 4. The lowest BCUT2D eigenvalue weighted by Gasteiger charge is -2.07. The molecule has 0 bridgehead atoms. The molecule has 0 spiro atoms. The lowest BCUT2D eigenvalue weighted by atomic mass is 10.3. The second kappa shape index (κ2) is 6.55. The zero-order valence-electron chi connectivity index (χ0n) is 9.31. The third kappa shape index (κ3) is 4.08. The molecule has 0 amide bonds. The van der Waals surface area contributed by atoms with Crippen LogP contribution < -0.4 is 15.8 Å². The SMILES string of the molecule is CCCOc1ccc(NCC(N)=NO)cc1. The van der Waals surface area contributed by atoms with Crippen LogP contribution in [0.2, 0.25) is 0 Å². The molecule has 0 fully saturated rings. The average molecular weight is 223 g/mol. The van der Waals surface area contributed by atoms with Crippen molar-refractivity contribution in [3.63, 3.8) is 0 Å². The fourth-order valence-electron chi connectivity index (χ4n) is 1.12. The maximum atomic E-state index is 8.36. The van der Waals surface area contributed by atoms with Crippen molar-refractivity contribution in [2.24, 2.45) is 10.9 Å². The van der Waals surface area contributed by atoms with Crippen molar-refractivity contribution in [2.75, 3.05) is 18.5 Å². The lowest BCUT2D eigenvalue weighted by Crippen LogP contribution is -2.22. The number of hydrogen-bond donors (Lipinski definition) is 3. The van der Waals surface area contributed by atoms with Crippen molar-refractivity contribution in [1.29, 1.82) is 0 Å². The maximum absolute atomic E-state index is 8.36. The molecule has 88 valence electrons. The Balaban J connectivity index is 2.45. The number of nitrogens with one attached hydrogen (secondary N) is 1. The highest BCUT2D eigenvalue weighted by Crippen LogP contribution is 2.15. The van der Waals surface area contributed by atoms with Crippen LogP contribution in [0.3, 0.4) is 0 Å². The number of nitrogens with two attached hydrogens (primary N) is 1. The van der Waals surface area contributed by atoms with Gasteiger partial charge in [-0.05, 0) is 30.7 Å². The van der Waals surface area contributed by atoms with Crippen LogP contribution in [0.1, 0.15) is 13.3 Å². The zero-order valence-corrected chi connectivity index (χ0v) is 9.31. The van der Waals surface area contributed by atoms with Gasteiger partial charge in [-0.1, -0.05) is 12.1 Å². The van der Waals surface area contributed by atoms with E-state index in [9.17, 15) is 0 Å². The second-order valence-corrected chi connectivity index (χ2v) is 3.32. The molecular weight excluding hydrogens is 206 g/mol. The van der Waals surface area contributed by atoms with E-state index in [2.05, 4.69) is 17.4 Å². The Bertz CT molecular complexity index is 336. The molecule has 0 aliphatic rings. The van der Waals surface area contributed by atoms with Gasteiger partial charge in [0.15, 0.2) is 5.84 Å². The number of oxime groups is 1. The molecule has 0 aliphatic heterocycles. The van der Waals surface area contributed by atoms with Crippen LogP contribution in [0.15, 0.2) is 29.4 Å². The molecule has 0 radical (unpaired) electrons. The van der Waals surface area contributed by atoms with E-state index in [1.165, 1.54) is 0 Å². The van der Waals surface area contributed by atoms with Crippen molar-refractivity contribution in [3.05, 3.63) is 24.3 Å². The summed E-state index contributed by atoms with van der Waals surface area (Å²) in [5.74, 6) is 0.988. The first-order chi connectivity index (χ1) is 7.76. The van der Waals surface area contributed by atoms with E-state index in [1.54, 1.807) is 0 Å². The molecule has 1 rings (SSSR count). The average Bonchev–Trinajstić information content (AvgIpc) is 2.34. The first-order valence-corrected chi connectivity index (χ1v) is 5.19. The van der Waals surface area contributed by atoms with E-state index in [0.717, 1.165) is 24.5 Å². The highest BCUT2D eigenvalue weighted by Gasteiger charge is 1.96. The Hall–Kier alpha value is -1.91. The van der Waals surface area contributed by atoms with E-state index in [1.807, 2.05) is 24.3 Å². The number of ether oxygens (including phenoxy) is 1. The van der Waals surface area contributed by atoms with Crippen LogP contribution >= 0.6 is 0 Å². The van der Waals surface area contributed by atoms with Crippen molar-refractivity contribution in [3.8, 4) is 5.75 Å². The smallest absolute Gasteiger partial charge is 0.158 e. The Morgan fingerprint density at radius 2 is 2.12 bits per heavy atom. The normalized spacial score (nSPS) is 11.2. The molecule has 0 unspecified atom stereocenters. The zero-order chi connectivity index (χ0) is 11.8. The van der Waals surface area contributed by atoms with E-state index in [0.29, 0.717) is 6.54 Å². The van der Waals surface area contributed by atoms with Crippen LogP contribution in [-0.2, 0) is 0 Å². The summed E-state index contributed by atoms with van der Waals surface area (Å²) in [5.41, 5.74) is 6.23. The Labute approximate surface area is 94.9 Å². The molecule has 0 saturated carbocycles. The maximum Gasteiger partial charge on any atom is 0.158 e. The monoisotopic (exact) mass is 223 g/mol. The summed E-state index contributed by atoms with van der Waals surface area (Å²) in [4.78, 5) is 0. The summed E-state index contributed by atoms with van der Waals surface area (Å²) in [6, 6.07) is 7.53. The van der Waals surface area contributed by atoms with Gasteiger partial charge in [0, 0.05) is 5.69 Å². The molecule has 4 N–H and O–H groups in total. The number of benzene rings is 1. The van der Waals surface area contributed by atoms with Crippen molar-refractivity contribution >= 4 is 11.5 Å². The second-order valence-electron chi connectivity index (χ2n) is 3.32. The minimum Gasteiger partial charge on any atom is -0.494 e. The lowest BCUT2D eigenvalue weighted by molar-refractivity contribution is 0.317. The Kier molecular flexibility index (Phi) is 4.98. The molecule has 0 aliphatic carbocycles. The molecule has 0 saturated heterocycles. The van der Waals surface area contributed by atoms with Crippen molar-refractivity contribution < 1.29 is 9.94 Å². The number of rotatable bonds is 6. The standard InChI is InChI=1S/C11H17N3O2/c1-2-7-16-10-5-3-9(4-6-10)13-8-11(12)14-15/h3-6,13,15H,2,7-8H2,1H3,(H2,12,14). The molecular formula is C11H17N3O2. The van der Waals surface area contributed by atoms with Crippen LogP contribution in [-0.4, -0.2) is 24.2 Å². The van der Waals surface area contributed by atoms with E-state index in [4.69, 9.17) is 15.7 Å². The fraction of sp³-hybridized carbons (Fsp3) is 0.364. The van der Waals surface area contributed by atoms with E-state index in [-0.39, 0.29) is 5.84 Å². The summed E-state index contributed by atoms with van der Waals surface area (Å²) in [5, 5.41) is 14.2. The van der Waals surface area contributed by atoms with Crippen LogP contribution in [0, 0.1) is 0 Å². The van der Waals surface area contributed by atoms with E-state index < -0.39 is 0 Å². The molecule has 0 aromatic heterocycles. The summed E-state index contributed by atoms with van der Waals surface area (Å²) in [6.07, 6.45) is 0.990. The van der Waals surface area contributed by atoms with Gasteiger partial charge in [0.25, 0.3) is 0 Å². The first kappa shape index (κ1) is 12.2. The molecule has 1 aromatic rings. The van der Waals surface area contributed by atoms with Gasteiger partial charge in [-0.3, -0.25) is 0 Å². The summed E-state index contributed by atoms with van der Waals surface area (Å²) in [7, 11) is 0. The molecule has 0 heterocycles. The predicted octanol–water partition coefficient (Wildman–Crippen LogP) is 1.63. The number of amidine groups is 1. The van der Waals surface area contributed by atoms with Gasteiger partial charge in [-0.2, -0.15) is 0 Å². The van der Waals surface area contributed by atoms with Gasteiger partial charge in [0.1, 0.15) is 5.75 Å². The summed E-state index contributed by atoms with van der Waals surface area (Å²) in [6.45, 7) is 3.09. The van der Waals surface area contributed by atoms with Gasteiger partial charge in [-0.15, -0.1) is 0 Å². The fourth-order valence-corrected chi connectivity index (χ4v) is 1.12. The minimum absolute atomic E-state index is 0.145. The van der Waals surface area contributed by atoms with E-state index >= 15 is 0 Å². The van der Waals surface area contributed by atoms with Crippen LogP contribution in [0.25, 0.3) is 0 Å². The third-order valence-electron chi connectivity index (χ3n) is 1.93. The Morgan fingerprint density at radius 3 is 2.69 bits per heavy atom. The van der Waals surface area contributed by atoms with Gasteiger partial charge in [0.05, 0.1) is 13.2 Å². The molecule has 0 atom stereocenters. The highest BCUT2D eigenvalue weighted by molar-refractivity contribution is 5.84. The van der Waals surface area contributed by atoms with Crippen LogP contribution in [0.4, 0.5) is 5.69 Å². The van der Waals surface area contributed by atoms with Gasteiger partial charge >= 0.3 is 0 Å². The molecule has 5 heteroatoms. The molecule has 5 nitrogen and oxygen atoms in total. The van der Waals surface area contributed by atoms with Crippen molar-refractivity contribution in [1.82, 2.24) is 0 Å².